The number of amides is 1. The van der Waals surface area contributed by atoms with Gasteiger partial charge in [0.05, 0.1) is 6.54 Å². The van der Waals surface area contributed by atoms with Gasteiger partial charge in [-0.2, -0.15) is 0 Å². The number of nitrogens with zero attached hydrogens (tertiary/aromatic N) is 5. The molecule has 1 fully saturated rings. The van der Waals surface area contributed by atoms with Crippen LogP contribution in [0, 0.1) is 5.82 Å². The Morgan fingerprint density at radius 1 is 1.12 bits per heavy atom. The predicted octanol–water partition coefficient (Wildman–Crippen LogP) is 1.40. The average Bonchev–Trinajstić information content (AvgIpc) is 2.65. The molecule has 0 aliphatic carbocycles. The largest absolute Gasteiger partial charge is 0.340 e. The van der Waals surface area contributed by atoms with E-state index < -0.39 is 0 Å². The minimum Gasteiger partial charge on any atom is -0.340 e. The van der Waals surface area contributed by atoms with Gasteiger partial charge in [-0.15, -0.1) is 0 Å². The Balaban J connectivity index is 1.48. The van der Waals surface area contributed by atoms with Crippen LogP contribution in [-0.2, 0) is 11.3 Å². The quantitative estimate of drug-likeness (QED) is 0.821. The molecule has 1 aliphatic rings. The fourth-order valence-electron chi connectivity index (χ4n) is 2.84. The van der Waals surface area contributed by atoms with E-state index in [1.54, 1.807) is 48.6 Å². The summed E-state index contributed by atoms with van der Waals surface area (Å²) < 4.78 is 13.7. The Kier molecular flexibility index (Phi) is 5.55. The summed E-state index contributed by atoms with van der Waals surface area (Å²) in [5, 5.41) is 0. The smallest absolute Gasteiger partial charge is 0.236 e. The zero-order valence-electron chi connectivity index (χ0n) is 14.3. The molecule has 2 aromatic rings. The molecule has 0 saturated carbocycles. The number of rotatable bonds is 5. The summed E-state index contributed by atoms with van der Waals surface area (Å²) in [6.45, 7) is 3.75. The molecule has 7 heteroatoms. The second kappa shape index (κ2) is 8.02. The van der Waals surface area contributed by atoms with E-state index in [4.69, 9.17) is 0 Å². The molecule has 1 saturated heterocycles. The zero-order valence-corrected chi connectivity index (χ0v) is 14.3. The maximum Gasteiger partial charge on any atom is 0.236 e. The second-order valence-electron chi connectivity index (χ2n) is 6.15. The number of benzene rings is 1. The van der Waals surface area contributed by atoms with Gasteiger partial charge in [0.1, 0.15) is 5.82 Å². The molecule has 0 atom stereocenters. The molecule has 0 unspecified atom stereocenters. The number of carbonyl (C=O) groups excluding carboxylic acids is 1. The molecule has 1 aliphatic heterocycles. The number of hydrogen-bond donors (Lipinski definition) is 0. The molecule has 132 valence electrons. The van der Waals surface area contributed by atoms with Crippen LogP contribution in [0.5, 0.6) is 0 Å². The van der Waals surface area contributed by atoms with Gasteiger partial charge in [-0.3, -0.25) is 9.69 Å². The summed E-state index contributed by atoms with van der Waals surface area (Å²) in [5.74, 6) is 0.441. The van der Waals surface area contributed by atoms with Crippen LogP contribution in [0.4, 0.5) is 10.3 Å². The van der Waals surface area contributed by atoms with Gasteiger partial charge >= 0.3 is 0 Å². The van der Waals surface area contributed by atoms with Crippen molar-refractivity contribution in [3.8, 4) is 0 Å². The Bertz CT molecular complexity index is 704. The van der Waals surface area contributed by atoms with Gasteiger partial charge in [0.15, 0.2) is 0 Å². The first kappa shape index (κ1) is 17.3. The lowest BCUT2D eigenvalue weighted by Gasteiger charge is -2.34. The average molecular weight is 343 g/mol. The lowest BCUT2D eigenvalue weighted by Crippen LogP contribution is -2.50. The van der Waals surface area contributed by atoms with Crippen molar-refractivity contribution in [1.29, 1.82) is 0 Å². The lowest BCUT2D eigenvalue weighted by atomic mass is 10.2. The van der Waals surface area contributed by atoms with Crippen LogP contribution < -0.4 is 4.90 Å². The molecular weight excluding hydrogens is 321 g/mol. The highest BCUT2D eigenvalue weighted by Crippen LogP contribution is 2.11. The van der Waals surface area contributed by atoms with Crippen molar-refractivity contribution in [2.45, 2.75) is 6.54 Å². The number of hydrogen-bond acceptors (Lipinski definition) is 5. The van der Waals surface area contributed by atoms with E-state index in [0.29, 0.717) is 12.1 Å². The highest BCUT2D eigenvalue weighted by molar-refractivity contribution is 5.78. The van der Waals surface area contributed by atoms with Gasteiger partial charge in [0.2, 0.25) is 11.9 Å². The molecule has 1 amide bonds. The minimum absolute atomic E-state index is 0.00679. The van der Waals surface area contributed by atoms with Crippen molar-refractivity contribution in [3.63, 3.8) is 0 Å². The lowest BCUT2D eigenvalue weighted by molar-refractivity contribution is -0.131. The third-order valence-electron chi connectivity index (χ3n) is 4.36. The standard InChI is InChI=1S/C18H22FN5O/c1-22(13-15-5-2-3-6-16(15)19)17(25)14-23-9-11-24(12-10-23)18-20-7-4-8-21-18/h2-8H,9-14H2,1H3. The van der Waals surface area contributed by atoms with Crippen LogP contribution >= 0.6 is 0 Å². The van der Waals surface area contributed by atoms with Gasteiger partial charge in [0, 0.05) is 57.7 Å². The van der Waals surface area contributed by atoms with E-state index in [0.717, 1.165) is 32.1 Å². The van der Waals surface area contributed by atoms with Gasteiger partial charge in [-0.1, -0.05) is 18.2 Å². The van der Waals surface area contributed by atoms with E-state index in [-0.39, 0.29) is 18.3 Å². The molecule has 3 rings (SSSR count). The van der Waals surface area contributed by atoms with Crippen LogP contribution in [0.2, 0.25) is 0 Å². The zero-order chi connectivity index (χ0) is 17.6. The van der Waals surface area contributed by atoms with Crippen molar-refractivity contribution in [2.24, 2.45) is 0 Å². The first-order valence-electron chi connectivity index (χ1n) is 8.35. The van der Waals surface area contributed by atoms with Crippen molar-refractivity contribution in [1.82, 2.24) is 19.8 Å². The molecule has 1 aromatic heterocycles. The van der Waals surface area contributed by atoms with E-state index in [1.165, 1.54) is 6.07 Å². The highest BCUT2D eigenvalue weighted by atomic mass is 19.1. The monoisotopic (exact) mass is 343 g/mol. The molecule has 2 heterocycles. The fraction of sp³-hybridized carbons (Fsp3) is 0.389. The number of halogens is 1. The normalized spacial score (nSPS) is 15.2. The molecular formula is C18H22FN5O. The molecule has 6 nitrogen and oxygen atoms in total. The Hall–Kier alpha value is -2.54. The van der Waals surface area contributed by atoms with Crippen LogP contribution in [0.25, 0.3) is 0 Å². The molecule has 0 bridgehead atoms. The van der Waals surface area contributed by atoms with Gasteiger partial charge < -0.3 is 9.80 Å². The summed E-state index contributed by atoms with van der Waals surface area (Å²) in [5.41, 5.74) is 0.532. The van der Waals surface area contributed by atoms with Crippen LogP contribution in [-0.4, -0.2) is 65.4 Å². The molecule has 1 aromatic carbocycles. The van der Waals surface area contributed by atoms with Crippen molar-refractivity contribution >= 4 is 11.9 Å². The Morgan fingerprint density at radius 2 is 1.80 bits per heavy atom. The van der Waals surface area contributed by atoms with Crippen LogP contribution in [0.3, 0.4) is 0 Å². The number of carbonyl (C=O) groups is 1. The first-order valence-corrected chi connectivity index (χ1v) is 8.35. The van der Waals surface area contributed by atoms with Crippen LogP contribution in [0.15, 0.2) is 42.7 Å². The minimum atomic E-state index is -0.279. The number of piperazine rings is 1. The van der Waals surface area contributed by atoms with Gasteiger partial charge in [-0.05, 0) is 12.1 Å². The maximum absolute atomic E-state index is 13.7. The van der Waals surface area contributed by atoms with Gasteiger partial charge in [-0.25, -0.2) is 14.4 Å². The van der Waals surface area contributed by atoms with E-state index in [1.807, 2.05) is 0 Å². The van der Waals surface area contributed by atoms with Gasteiger partial charge in [0.25, 0.3) is 0 Å². The molecule has 25 heavy (non-hydrogen) atoms. The highest BCUT2D eigenvalue weighted by Gasteiger charge is 2.22. The number of anilines is 1. The maximum atomic E-state index is 13.7. The van der Waals surface area contributed by atoms with E-state index in [2.05, 4.69) is 19.8 Å². The van der Waals surface area contributed by atoms with Crippen molar-refractivity contribution < 1.29 is 9.18 Å². The Labute approximate surface area is 146 Å². The third-order valence-corrected chi connectivity index (χ3v) is 4.36. The summed E-state index contributed by atoms with van der Waals surface area (Å²) >= 11 is 0. The number of aromatic nitrogens is 2. The SMILES string of the molecule is CN(Cc1ccccc1F)C(=O)CN1CCN(c2ncccn2)CC1. The topological polar surface area (TPSA) is 52.6 Å². The summed E-state index contributed by atoms with van der Waals surface area (Å²) in [7, 11) is 1.71. The third kappa shape index (κ3) is 4.51. The summed E-state index contributed by atoms with van der Waals surface area (Å²) in [6, 6.07) is 8.35. The van der Waals surface area contributed by atoms with Crippen LogP contribution in [0.1, 0.15) is 5.56 Å². The summed E-state index contributed by atoms with van der Waals surface area (Å²) in [4.78, 5) is 26.7. The van der Waals surface area contributed by atoms with E-state index >= 15 is 0 Å². The summed E-state index contributed by atoms with van der Waals surface area (Å²) in [6.07, 6.45) is 3.46. The van der Waals surface area contributed by atoms with Crippen molar-refractivity contribution in [2.75, 3.05) is 44.7 Å². The fourth-order valence-corrected chi connectivity index (χ4v) is 2.84. The first-order chi connectivity index (χ1) is 12.1. The molecule has 0 N–H and O–H groups in total. The molecule has 0 spiro atoms. The van der Waals surface area contributed by atoms with E-state index in [9.17, 15) is 9.18 Å². The Morgan fingerprint density at radius 3 is 2.48 bits per heavy atom. The molecule has 0 radical (unpaired) electrons. The van der Waals surface area contributed by atoms with Crippen molar-refractivity contribution in [3.05, 3.63) is 54.1 Å². The predicted molar refractivity (Wildman–Crippen MR) is 93.6 cm³/mol. The number of likely N-dealkylation sites (N-methyl/N-ethyl adjacent to an activating group) is 1. The second-order valence-corrected chi connectivity index (χ2v) is 6.15.